The number of methoxy groups -OCH3 is 1. The zero-order valence-electron chi connectivity index (χ0n) is 14.0. The Morgan fingerprint density at radius 1 is 1.22 bits per heavy atom. The quantitative estimate of drug-likeness (QED) is 0.843. The van der Waals surface area contributed by atoms with Crippen LogP contribution in [0.5, 0.6) is 5.75 Å². The molecule has 2 heterocycles. The van der Waals surface area contributed by atoms with E-state index in [1.54, 1.807) is 7.11 Å². The Morgan fingerprint density at radius 2 is 2.00 bits per heavy atom. The van der Waals surface area contributed by atoms with Crippen LogP contribution in [-0.2, 0) is 6.54 Å². The Hall–Kier alpha value is -1.92. The van der Waals surface area contributed by atoms with Gasteiger partial charge in [-0.05, 0) is 26.0 Å². The monoisotopic (exact) mass is 316 g/mol. The third kappa shape index (κ3) is 3.89. The van der Waals surface area contributed by atoms with Gasteiger partial charge >= 0.3 is 0 Å². The van der Waals surface area contributed by atoms with Crippen LogP contribution in [0.2, 0.25) is 0 Å². The highest BCUT2D eigenvalue weighted by Crippen LogP contribution is 2.21. The number of piperazine rings is 1. The Balaban J connectivity index is 1.61. The van der Waals surface area contributed by atoms with Crippen LogP contribution < -0.4 is 4.74 Å². The molecule has 0 radical (unpaired) electrons. The maximum Gasteiger partial charge on any atom is 0.241 e. The second-order valence-corrected chi connectivity index (χ2v) is 6.15. The first-order valence-electron chi connectivity index (χ1n) is 8.09. The molecule has 6 heteroatoms. The van der Waals surface area contributed by atoms with Crippen molar-refractivity contribution in [3.05, 3.63) is 30.2 Å². The molecule has 0 bridgehead atoms. The maximum absolute atomic E-state index is 5.41. The number of benzene rings is 1. The first kappa shape index (κ1) is 16.0. The lowest BCUT2D eigenvalue weighted by Crippen LogP contribution is -2.48. The van der Waals surface area contributed by atoms with Crippen LogP contribution in [0.3, 0.4) is 0 Å². The molecular formula is C17H24N4O2. The number of hydrogen-bond donors (Lipinski definition) is 0. The number of ether oxygens (including phenoxy) is 1. The molecular weight excluding hydrogens is 292 g/mol. The van der Waals surface area contributed by atoms with Gasteiger partial charge in [-0.15, -0.1) is 0 Å². The molecule has 23 heavy (non-hydrogen) atoms. The molecule has 0 unspecified atom stereocenters. The largest absolute Gasteiger partial charge is 0.497 e. The summed E-state index contributed by atoms with van der Waals surface area (Å²) in [6, 6.07) is 8.31. The minimum Gasteiger partial charge on any atom is -0.497 e. The second kappa shape index (κ2) is 7.10. The van der Waals surface area contributed by atoms with Gasteiger partial charge in [0.2, 0.25) is 11.7 Å². The van der Waals surface area contributed by atoms with E-state index in [0.29, 0.717) is 24.3 Å². The smallest absolute Gasteiger partial charge is 0.241 e. The molecule has 6 nitrogen and oxygen atoms in total. The summed E-state index contributed by atoms with van der Waals surface area (Å²) < 4.78 is 10.6. The van der Waals surface area contributed by atoms with Crippen LogP contribution in [0.15, 0.2) is 28.8 Å². The van der Waals surface area contributed by atoms with Crippen LogP contribution in [0.4, 0.5) is 0 Å². The number of rotatable bonds is 5. The second-order valence-electron chi connectivity index (χ2n) is 6.15. The molecule has 1 aliphatic heterocycles. The van der Waals surface area contributed by atoms with Crippen molar-refractivity contribution in [2.24, 2.45) is 0 Å². The van der Waals surface area contributed by atoms with Gasteiger partial charge in [0.05, 0.1) is 13.7 Å². The van der Waals surface area contributed by atoms with E-state index in [1.165, 1.54) is 0 Å². The van der Waals surface area contributed by atoms with E-state index < -0.39 is 0 Å². The van der Waals surface area contributed by atoms with Crippen molar-refractivity contribution in [2.75, 3.05) is 33.3 Å². The first-order chi connectivity index (χ1) is 11.2. The predicted molar refractivity (Wildman–Crippen MR) is 88.3 cm³/mol. The van der Waals surface area contributed by atoms with Gasteiger partial charge in [-0.3, -0.25) is 9.80 Å². The van der Waals surface area contributed by atoms with Gasteiger partial charge < -0.3 is 9.26 Å². The lowest BCUT2D eigenvalue weighted by molar-refractivity contribution is 0.0960. The van der Waals surface area contributed by atoms with Crippen LogP contribution in [0, 0.1) is 0 Å². The van der Waals surface area contributed by atoms with Crippen molar-refractivity contribution in [2.45, 2.75) is 26.4 Å². The fraction of sp³-hybridized carbons (Fsp3) is 0.529. The van der Waals surface area contributed by atoms with Gasteiger partial charge in [-0.1, -0.05) is 17.3 Å². The molecule has 0 saturated carbocycles. The zero-order valence-corrected chi connectivity index (χ0v) is 14.0. The standard InChI is InChI=1S/C17H24N4O2/c1-13(2)21-9-7-20(8-10-21)12-16-18-17(19-23-16)14-5-4-6-15(11-14)22-3/h4-6,11,13H,7-10,12H2,1-3H3. The summed E-state index contributed by atoms with van der Waals surface area (Å²) in [7, 11) is 1.65. The third-order valence-electron chi connectivity index (χ3n) is 4.29. The van der Waals surface area contributed by atoms with E-state index in [9.17, 15) is 0 Å². The average Bonchev–Trinajstić information content (AvgIpc) is 3.04. The van der Waals surface area contributed by atoms with Gasteiger partial charge in [0.1, 0.15) is 5.75 Å². The molecule has 124 valence electrons. The summed E-state index contributed by atoms with van der Waals surface area (Å²) in [5.74, 6) is 2.07. The van der Waals surface area contributed by atoms with Gasteiger partial charge in [0, 0.05) is 37.8 Å². The zero-order chi connectivity index (χ0) is 16.2. The topological polar surface area (TPSA) is 54.6 Å². The van der Waals surface area contributed by atoms with Gasteiger partial charge in [0.15, 0.2) is 0 Å². The molecule has 0 aliphatic carbocycles. The fourth-order valence-electron chi connectivity index (χ4n) is 2.83. The van der Waals surface area contributed by atoms with Gasteiger partial charge in [-0.2, -0.15) is 4.98 Å². The molecule has 0 atom stereocenters. The number of nitrogens with zero attached hydrogens (tertiary/aromatic N) is 4. The minimum atomic E-state index is 0.611. The Kier molecular flexibility index (Phi) is 4.93. The van der Waals surface area contributed by atoms with E-state index in [-0.39, 0.29) is 0 Å². The normalized spacial score (nSPS) is 16.9. The van der Waals surface area contributed by atoms with Crippen molar-refractivity contribution in [1.29, 1.82) is 0 Å². The molecule has 1 aliphatic rings. The Morgan fingerprint density at radius 3 is 2.70 bits per heavy atom. The van der Waals surface area contributed by atoms with E-state index in [1.807, 2.05) is 24.3 Å². The Labute approximate surface area is 137 Å². The van der Waals surface area contributed by atoms with Crippen molar-refractivity contribution in [3.8, 4) is 17.1 Å². The summed E-state index contributed by atoms with van der Waals surface area (Å²) in [4.78, 5) is 9.37. The summed E-state index contributed by atoms with van der Waals surface area (Å²) in [5.41, 5.74) is 0.906. The molecule has 0 amide bonds. The first-order valence-corrected chi connectivity index (χ1v) is 8.09. The summed E-state index contributed by atoms with van der Waals surface area (Å²) >= 11 is 0. The molecule has 1 aromatic carbocycles. The van der Waals surface area contributed by atoms with Crippen molar-refractivity contribution < 1.29 is 9.26 Å². The average molecular weight is 316 g/mol. The highest BCUT2D eigenvalue weighted by atomic mass is 16.5. The predicted octanol–water partition coefficient (Wildman–Crippen LogP) is 2.27. The van der Waals surface area contributed by atoms with Gasteiger partial charge in [-0.25, -0.2) is 0 Å². The maximum atomic E-state index is 5.41. The molecule has 1 aromatic heterocycles. The van der Waals surface area contributed by atoms with E-state index in [0.717, 1.165) is 37.5 Å². The molecule has 1 saturated heterocycles. The van der Waals surface area contributed by atoms with Crippen LogP contribution in [0.1, 0.15) is 19.7 Å². The molecule has 2 aromatic rings. The number of hydrogen-bond acceptors (Lipinski definition) is 6. The van der Waals surface area contributed by atoms with E-state index in [4.69, 9.17) is 9.26 Å². The fourth-order valence-corrected chi connectivity index (χ4v) is 2.83. The SMILES string of the molecule is COc1cccc(-c2noc(CN3CCN(C(C)C)CC3)n2)c1. The molecule has 3 rings (SSSR count). The van der Waals surface area contributed by atoms with E-state index in [2.05, 4.69) is 33.8 Å². The lowest BCUT2D eigenvalue weighted by atomic mass is 10.2. The van der Waals surface area contributed by atoms with Crippen LogP contribution >= 0.6 is 0 Å². The molecule has 0 N–H and O–H groups in total. The van der Waals surface area contributed by atoms with Crippen molar-refractivity contribution >= 4 is 0 Å². The molecule has 1 fully saturated rings. The Bertz CT molecular complexity index is 633. The third-order valence-corrected chi connectivity index (χ3v) is 4.29. The van der Waals surface area contributed by atoms with Crippen molar-refractivity contribution in [1.82, 2.24) is 19.9 Å². The highest BCUT2D eigenvalue weighted by Gasteiger charge is 2.20. The lowest BCUT2D eigenvalue weighted by Gasteiger charge is -2.36. The summed E-state index contributed by atoms with van der Waals surface area (Å²) in [6.45, 7) is 9.46. The van der Waals surface area contributed by atoms with Crippen LogP contribution in [-0.4, -0.2) is 59.3 Å². The summed E-state index contributed by atoms with van der Waals surface area (Å²) in [5, 5.41) is 4.09. The minimum absolute atomic E-state index is 0.611. The van der Waals surface area contributed by atoms with Crippen LogP contribution in [0.25, 0.3) is 11.4 Å². The van der Waals surface area contributed by atoms with E-state index >= 15 is 0 Å². The molecule has 0 spiro atoms. The summed E-state index contributed by atoms with van der Waals surface area (Å²) in [6.07, 6.45) is 0. The number of aromatic nitrogens is 2. The highest BCUT2D eigenvalue weighted by molar-refractivity contribution is 5.56. The van der Waals surface area contributed by atoms with Crippen molar-refractivity contribution in [3.63, 3.8) is 0 Å². The van der Waals surface area contributed by atoms with Gasteiger partial charge in [0.25, 0.3) is 0 Å².